The van der Waals surface area contributed by atoms with E-state index in [9.17, 15) is 14.4 Å². The minimum absolute atomic E-state index is 0.245. The molecule has 0 radical (unpaired) electrons. The molecule has 152 valence electrons. The lowest BCUT2D eigenvalue weighted by atomic mass is 10.2. The van der Waals surface area contributed by atoms with Crippen LogP contribution < -0.4 is 9.47 Å². The number of rotatable bonds is 9. The van der Waals surface area contributed by atoms with Crippen molar-refractivity contribution in [3.63, 3.8) is 0 Å². The van der Waals surface area contributed by atoms with E-state index in [1.54, 1.807) is 19.3 Å². The first kappa shape index (κ1) is 22.5. The Hall–Kier alpha value is -1.75. The minimum atomic E-state index is -0.588. The molecule has 0 N–H and O–H groups in total. The topological polar surface area (TPSA) is 82.1 Å². The Balaban J connectivity index is 2.18. The molecule has 9 heteroatoms. The maximum absolute atomic E-state index is 12.6. The van der Waals surface area contributed by atoms with Gasteiger partial charge in [0.15, 0.2) is 11.5 Å². The van der Waals surface area contributed by atoms with E-state index in [0.717, 1.165) is 33.1 Å². The number of carbonyl (C=O) groups excluding carboxylic acids is 3. The summed E-state index contributed by atoms with van der Waals surface area (Å²) in [4.78, 5) is 37.7. The van der Waals surface area contributed by atoms with Crippen molar-refractivity contribution in [1.82, 2.24) is 4.90 Å². The highest BCUT2D eigenvalue weighted by molar-refractivity contribution is 14.1. The van der Waals surface area contributed by atoms with Gasteiger partial charge in [0.1, 0.15) is 6.54 Å². The Morgan fingerprint density at radius 3 is 2.68 bits per heavy atom. The highest BCUT2D eigenvalue weighted by atomic mass is 127. The molecule has 0 atom stereocenters. The molecule has 0 spiro atoms. The fourth-order valence-corrected chi connectivity index (χ4v) is 4.11. The summed E-state index contributed by atoms with van der Waals surface area (Å²) in [6.45, 7) is 4.21. The SMILES string of the molecule is CCCCOC(=O)CN1C(=O)S/C(=C/c2cc(I)c(OC)c(OCC)c2)C1=O. The van der Waals surface area contributed by atoms with Gasteiger partial charge in [-0.2, -0.15) is 0 Å². The third-order valence-electron chi connectivity index (χ3n) is 3.76. The lowest BCUT2D eigenvalue weighted by molar-refractivity contribution is -0.146. The molecule has 0 saturated carbocycles. The number of hydrogen-bond donors (Lipinski definition) is 0. The molecule has 1 aliphatic rings. The lowest BCUT2D eigenvalue weighted by Gasteiger charge is -2.12. The third kappa shape index (κ3) is 5.63. The van der Waals surface area contributed by atoms with Crippen LogP contribution >= 0.6 is 34.4 Å². The molecule has 1 aliphatic heterocycles. The molecule has 1 aromatic carbocycles. The number of halogens is 1. The van der Waals surface area contributed by atoms with Crippen molar-refractivity contribution in [2.45, 2.75) is 26.7 Å². The van der Waals surface area contributed by atoms with Gasteiger partial charge in [-0.05, 0) is 71.5 Å². The second kappa shape index (κ2) is 10.7. The van der Waals surface area contributed by atoms with Crippen LogP contribution in [0.4, 0.5) is 4.79 Å². The van der Waals surface area contributed by atoms with E-state index in [1.165, 1.54) is 0 Å². The van der Waals surface area contributed by atoms with E-state index in [0.29, 0.717) is 23.7 Å². The number of esters is 1. The summed E-state index contributed by atoms with van der Waals surface area (Å²) in [6.07, 6.45) is 3.24. The molecule has 28 heavy (non-hydrogen) atoms. The predicted octanol–water partition coefficient (Wildman–Crippen LogP) is 4.08. The number of ether oxygens (including phenoxy) is 3. The van der Waals surface area contributed by atoms with Gasteiger partial charge in [-0.1, -0.05) is 13.3 Å². The van der Waals surface area contributed by atoms with Crippen molar-refractivity contribution in [3.8, 4) is 11.5 Å². The zero-order valence-electron chi connectivity index (χ0n) is 16.0. The first-order chi connectivity index (χ1) is 13.4. The summed E-state index contributed by atoms with van der Waals surface area (Å²) >= 11 is 2.92. The van der Waals surface area contributed by atoms with Crippen molar-refractivity contribution < 1.29 is 28.6 Å². The van der Waals surface area contributed by atoms with Crippen molar-refractivity contribution >= 4 is 57.5 Å². The van der Waals surface area contributed by atoms with E-state index in [2.05, 4.69) is 22.6 Å². The molecule has 0 aliphatic carbocycles. The van der Waals surface area contributed by atoms with Crippen LogP contribution in [0.3, 0.4) is 0 Å². The number of methoxy groups -OCH3 is 1. The molecule has 0 aromatic heterocycles. The van der Waals surface area contributed by atoms with E-state index in [-0.39, 0.29) is 18.1 Å². The molecule has 0 unspecified atom stereocenters. The molecule has 1 saturated heterocycles. The molecule has 1 fully saturated rings. The van der Waals surface area contributed by atoms with Gasteiger partial charge in [-0.15, -0.1) is 0 Å². The molecular weight excluding hydrogens is 497 g/mol. The maximum atomic E-state index is 12.6. The highest BCUT2D eigenvalue weighted by Gasteiger charge is 2.36. The number of benzene rings is 1. The van der Waals surface area contributed by atoms with Crippen molar-refractivity contribution in [3.05, 3.63) is 26.2 Å². The van der Waals surface area contributed by atoms with E-state index in [4.69, 9.17) is 14.2 Å². The number of unbranched alkanes of at least 4 members (excludes halogenated alkanes) is 1. The number of carbonyl (C=O) groups is 3. The van der Waals surface area contributed by atoms with Gasteiger partial charge in [-0.25, -0.2) is 0 Å². The fourth-order valence-electron chi connectivity index (χ4n) is 2.43. The quantitative estimate of drug-likeness (QED) is 0.211. The standard InChI is InChI=1S/C19H22INO6S/c1-4-6-7-27-16(22)11-21-18(23)15(28-19(21)24)10-12-8-13(20)17(25-3)14(9-12)26-5-2/h8-10H,4-7,11H2,1-3H3/b15-10+. The Labute approximate surface area is 181 Å². The van der Waals surface area contributed by atoms with Gasteiger partial charge in [0.2, 0.25) is 0 Å². The maximum Gasteiger partial charge on any atom is 0.326 e. The summed E-state index contributed by atoms with van der Waals surface area (Å²) in [5.74, 6) is 0.0743. The van der Waals surface area contributed by atoms with Crippen LogP contribution in [-0.2, 0) is 14.3 Å². The van der Waals surface area contributed by atoms with Crippen LogP contribution in [0, 0.1) is 3.57 Å². The summed E-state index contributed by atoms with van der Waals surface area (Å²) in [5.41, 5.74) is 0.699. The Kier molecular flexibility index (Phi) is 8.61. The van der Waals surface area contributed by atoms with Crippen molar-refractivity contribution in [1.29, 1.82) is 0 Å². The fraction of sp³-hybridized carbons (Fsp3) is 0.421. The Bertz CT molecular complexity index is 795. The third-order valence-corrected chi connectivity index (χ3v) is 5.46. The summed E-state index contributed by atoms with van der Waals surface area (Å²) < 4.78 is 16.8. The molecular formula is C19H22INO6S. The van der Waals surface area contributed by atoms with Crippen LogP contribution in [0.15, 0.2) is 17.0 Å². The summed E-state index contributed by atoms with van der Waals surface area (Å²) in [7, 11) is 1.56. The molecule has 2 rings (SSSR count). The second-order valence-electron chi connectivity index (χ2n) is 5.81. The summed E-state index contributed by atoms with van der Waals surface area (Å²) in [6, 6.07) is 3.58. The van der Waals surface area contributed by atoms with E-state index < -0.39 is 17.1 Å². The number of nitrogens with zero attached hydrogens (tertiary/aromatic N) is 1. The minimum Gasteiger partial charge on any atom is -0.492 e. The van der Waals surface area contributed by atoms with Crippen molar-refractivity contribution in [2.24, 2.45) is 0 Å². The van der Waals surface area contributed by atoms with Crippen LogP contribution in [0.1, 0.15) is 32.3 Å². The monoisotopic (exact) mass is 519 g/mol. The first-order valence-electron chi connectivity index (χ1n) is 8.82. The van der Waals surface area contributed by atoms with Gasteiger partial charge in [0.25, 0.3) is 11.1 Å². The zero-order chi connectivity index (χ0) is 20.7. The van der Waals surface area contributed by atoms with Gasteiger partial charge in [0.05, 0.1) is 28.8 Å². The average molecular weight is 519 g/mol. The van der Waals surface area contributed by atoms with Crippen LogP contribution in [0.5, 0.6) is 11.5 Å². The average Bonchev–Trinajstić information content (AvgIpc) is 2.89. The number of thioether (sulfide) groups is 1. The summed E-state index contributed by atoms with van der Waals surface area (Å²) in [5, 5.41) is -0.489. The molecule has 7 nitrogen and oxygen atoms in total. The molecule has 0 bridgehead atoms. The predicted molar refractivity (Wildman–Crippen MR) is 115 cm³/mol. The zero-order valence-corrected chi connectivity index (χ0v) is 18.9. The van der Waals surface area contributed by atoms with Gasteiger partial charge >= 0.3 is 5.97 Å². The normalized spacial score (nSPS) is 15.3. The second-order valence-corrected chi connectivity index (χ2v) is 7.96. The largest absolute Gasteiger partial charge is 0.492 e. The van der Waals surface area contributed by atoms with Crippen molar-refractivity contribution in [2.75, 3.05) is 26.9 Å². The number of imide groups is 1. The Morgan fingerprint density at radius 2 is 2.04 bits per heavy atom. The van der Waals surface area contributed by atoms with Crippen LogP contribution in [0.2, 0.25) is 0 Å². The van der Waals surface area contributed by atoms with Gasteiger partial charge in [0, 0.05) is 0 Å². The van der Waals surface area contributed by atoms with Gasteiger partial charge in [-0.3, -0.25) is 19.3 Å². The number of amides is 2. The Morgan fingerprint density at radius 1 is 1.29 bits per heavy atom. The lowest BCUT2D eigenvalue weighted by Crippen LogP contribution is -2.34. The molecule has 1 heterocycles. The first-order valence-corrected chi connectivity index (χ1v) is 10.7. The van der Waals surface area contributed by atoms with Gasteiger partial charge < -0.3 is 14.2 Å². The smallest absolute Gasteiger partial charge is 0.326 e. The van der Waals surface area contributed by atoms with E-state index >= 15 is 0 Å². The van der Waals surface area contributed by atoms with Crippen LogP contribution in [-0.4, -0.2) is 48.9 Å². The molecule has 2 amide bonds. The molecule has 1 aromatic rings. The van der Waals surface area contributed by atoms with Crippen LogP contribution in [0.25, 0.3) is 6.08 Å². The number of hydrogen-bond acceptors (Lipinski definition) is 7. The highest BCUT2D eigenvalue weighted by Crippen LogP contribution is 2.37. The van der Waals surface area contributed by atoms with E-state index in [1.807, 2.05) is 19.9 Å².